The molecule has 0 aliphatic carbocycles. The van der Waals surface area contributed by atoms with Gasteiger partial charge < -0.3 is 10.6 Å². The highest BCUT2D eigenvalue weighted by molar-refractivity contribution is 7.07. The third-order valence-corrected chi connectivity index (χ3v) is 2.79. The van der Waals surface area contributed by atoms with E-state index in [1.165, 1.54) is 5.56 Å². The molecule has 0 aliphatic rings. The molecule has 0 amide bonds. The number of nitrogens with two attached hydrogens (primary N) is 1. The zero-order valence-electron chi connectivity index (χ0n) is 8.36. The van der Waals surface area contributed by atoms with Crippen LogP contribution in [0.1, 0.15) is 12.5 Å². The van der Waals surface area contributed by atoms with E-state index in [4.69, 9.17) is 5.73 Å². The lowest BCUT2D eigenvalue weighted by molar-refractivity contribution is 0.282. The zero-order valence-corrected chi connectivity index (χ0v) is 9.18. The van der Waals surface area contributed by atoms with Gasteiger partial charge in [-0.25, -0.2) is 0 Å². The lowest BCUT2D eigenvalue weighted by Crippen LogP contribution is -2.27. The quantitative estimate of drug-likeness (QED) is 0.781. The summed E-state index contributed by atoms with van der Waals surface area (Å²) < 4.78 is 0. The maximum Gasteiger partial charge on any atom is 0.0239 e. The van der Waals surface area contributed by atoms with Gasteiger partial charge in [-0.05, 0) is 41.9 Å². The summed E-state index contributed by atoms with van der Waals surface area (Å²) in [5.74, 6) is 0.587. The Labute approximate surface area is 84.4 Å². The maximum atomic E-state index is 5.57. The summed E-state index contributed by atoms with van der Waals surface area (Å²) in [6.45, 7) is 5.07. The smallest absolute Gasteiger partial charge is 0.0239 e. The first-order valence-corrected chi connectivity index (χ1v) is 5.56. The third-order valence-electron chi connectivity index (χ3n) is 2.06. The second-order valence-corrected chi connectivity index (χ2v) is 4.45. The molecule has 0 fully saturated rings. The Morgan fingerprint density at radius 2 is 2.38 bits per heavy atom. The predicted octanol–water partition coefficient (Wildman–Crippen LogP) is 1.77. The minimum atomic E-state index is 0.587. The van der Waals surface area contributed by atoms with Crippen LogP contribution in [0.2, 0.25) is 0 Å². The van der Waals surface area contributed by atoms with Gasteiger partial charge in [-0.3, -0.25) is 0 Å². The fraction of sp³-hybridized carbons (Fsp3) is 0.600. The minimum absolute atomic E-state index is 0.587. The molecule has 1 aromatic heterocycles. The molecule has 0 aliphatic heterocycles. The van der Waals surface area contributed by atoms with Gasteiger partial charge in [0.05, 0.1) is 0 Å². The van der Waals surface area contributed by atoms with Crippen molar-refractivity contribution in [3.63, 3.8) is 0 Å². The van der Waals surface area contributed by atoms with Crippen molar-refractivity contribution in [3.8, 4) is 0 Å². The summed E-state index contributed by atoms with van der Waals surface area (Å²) in [7, 11) is 2.14. The maximum absolute atomic E-state index is 5.57. The van der Waals surface area contributed by atoms with Gasteiger partial charge in [0.2, 0.25) is 0 Å². The van der Waals surface area contributed by atoms with Gasteiger partial charge in [-0.1, -0.05) is 6.92 Å². The van der Waals surface area contributed by atoms with Crippen molar-refractivity contribution in [3.05, 3.63) is 22.4 Å². The van der Waals surface area contributed by atoms with Crippen molar-refractivity contribution in [1.82, 2.24) is 4.90 Å². The molecule has 74 valence electrons. The van der Waals surface area contributed by atoms with Crippen molar-refractivity contribution in [2.75, 3.05) is 20.1 Å². The highest BCUT2D eigenvalue weighted by Crippen LogP contribution is 2.09. The number of hydrogen-bond donors (Lipinski definition) is 1. The molecule has 2 nitrogen and oxygen atoms in total. The average Bonchev–Trinajstić information content (AvgIpc) is 2.56. The van der Waals surface area contributed by atoms with E-state index in [2.05, 4.69) is 35.7 Å². The van der Waals surface area contributed by atoms with E-state index < -0.39 is 0 Å². The largest absolute Gasteiger partial charge is 0.330 e. The van der Waals surface area contributed by atoms with Crippen molar-refractivity contribution in [2.45, 2.75) is 13.5 Å². The van der Waals surface area contributed by atoms with Gasteiger partial charge in [0.15, 0.2) is 0 Å². The molecule has 0 aromatic carbocycles. The Bertz CT molecular complexity index is 221. The number of thiophene rings is 1. The zero-order chi connectivity index (χ0) is 9.68. The van der Waals surface area contributed by atoms with Crippen molar-refractivity contribution in [1.29, 1.82) is 0 Å². The molecule has 0 spiro atoms. The van der Waals surface area contributed by atoms with Crippen molar-refractivity contribution >= 4 is 11.3 Å². The van der Waals surface area contributed by atoms with Gasteiger partial charge >= 0.3 is 0 Å². The molecule has 0 saturated heterocycles. The van der Waals surface area contributed by atoms with E-state index in [9.17, 15) is 0 Å². The van der Waals surface area contributed by atoms with Crippen LogP contribution in [-0.2, 0) is 6.54 Å². The monoisotopic (exact) mass is 198 g/mol. The Kier molecular flexibility index (Phi) is 4.42. The topological polar surface area (TPSA) is 29.3 Å². The van der Waals surface area contributed by atoms with E-state index in [0.29, 0.717) is 5.92 Å². The lowest BCUT2D eigenvalue weighted by Gasteiger charge is -2.19. The number of nitrogens with zero attached hydrogens (tertiary/aromatic N) is 1. The molecule has 1 unspecified atom stereocenters. The number of hydrogen-bond acceptors (Lipinski definition) is 3. The second-order valence-electron chi connectivity index (χ2n) is 3.67. The van der Waals surface area contributed by atoms with Gasteiger partial charge in [-0.15, -0.1) is 0 Å². The molecule has 3 heteroatoms. The van der Waals surface area contributed by atoms with Crippen LogP contribution in [0.3, 0.4) is 0 Å². The summed E-state index contributed by atoms with van der Waals surface area (Å²) in [4.78, 5) is 2.32. The summed E-state index contributed by atoms with van der Waals surface area (Å²) in [5, 5.41) is 4.32. The molecule has 2 N–H and O–H groups in total. The SMILES string of the molecule is CC(CN)CN(C)Cc1ccsc1. The summed E-state index contributed by atoms with van der Waals surface area (Å²) in [6, 6.07) is 2.17. The molecule has 1 rings (SSSR count). The first-order chi connectivity index (χ1) is 6.22. The molecule has 1 aromatic rings. The molecule has 1 atom stereocenters. The highest BCUT2D eigenvalue weighted by Gasteiger charge is 2.04. The van der Waals surface area contributed by atoms with E-state index in [1.54, 1.807) is 11.3 Å². The average molecular weight is 198 g/mol. The molecule has 13 heavy (non-hydrogen) atoms. The van der Waals surface area contributed by atoms with Gasteiger partial charge in [0.25, 0.3) is 0 Å². The van der Waals surface area contributed by atoms with Gasteiger partial charge in [0.1, 0.15) is 0 Å². The van der Waals surface area contributed by atoms with Crippen molar-refractivity contribution < 1.29 is 0 Å². The highest BCUT2D eigenvalue weighted by atomic mass is 32.1. The van der Waals surface area contributed by atoms with Crippen LogP contribution in [0.5, 0.6) is 0 Å². The standard InChI is InChI=1S/C10H18N2S/c1-9(5-11)6-12(2)7-10-3-4-13-8-10/h3-4,8-9H,5-7,11H2,1-2H3. The van der Waals surface area contributed by atoms with Crippen molar-refractivity contribution in [2.24, 2.45) is 11.7 Å². The Hall–Kier alpha value is -0.380. The van der Waals surface area contributed by atoms with Crippen LogP contribution < -0.4 is 5.73 Å². The van der Waals surface area contributed by atoms with Crippen LogP contribution in [0.4, 0.5) is 0 Å². The lowest BCUT2D eigenvalue weighted by atomic mass is 10.1. The Balaban J connectivity index is 2.29. The Morgan fingerprint density at radius 3 is 2.92 bits per heavy atom. The van der Waals surface area contributed by atoms with Crippen LogP contribution in [0.15, 0.2) is 16.8 Å². The van der Waals surface area contributed by atoms with E-state index in [-0.39, 0.29) is 0 Å². The third kappa shape index (κ3) is 3.89. The summed E-state index contributed by atoms with van der Waals surface area (Å²) >= 11 is 1.75. The van der Waals surface area contributed by atoms with Crippen LogP contribution in [0, 0.1) is 5.92 Å². The van der Waals surface area contributed by atoms with E-state index >= 15 is 0 Å². The number of rotatable bonds is 5. The first-order valence-electron chi connectivity index (χ1n) is 4.62. The predicted molar refractivity (Wildman–Crippen MR) is 58.9 cm³/mol. The molecule has 0 bridgehead atoms. The van der Waals surface area contributed by atoms with Crippen LogP contribution in [0.25, 0.3) is 0 Å². The molecule has 1 heterocycles. The fourth-order valence-corrected chi connectivity index (χ4v) is 2.03. The molecule has 0 saturated carbocycles. The molecular weight excluding hydrogens is 180 g/mol. The molecule has 0 radical (unpaired) electrons. The first kappa shape index (κ1) is 10.7. The Morgan fingerprint density at radius 1 is 1.62 bits per heavy atom. The van der Waals surface area contributed by atoms with Gasteiger partial charge in [0, 0.05) is 13.1 Å². The van der Waals surface area contributed by atoms with E-state index in [1.807, 2.05) is 0 Å². The normalized spacial score (nSPS) is 13.5. The fourth-order valence-electron chi connectivity index (χ4n) is 1.37. The van der Waals surface area contributed by atoms with E-state index in [0.717, 1.165) is 19.6 Å². The van der Waals surface area contributed by atoms with Crippen LogP contribution in [-0.4, -0.2) is 25.0 Å². The summed E-state index contributed by atoms with van der Waals surface area (Å²) in [6.07, 6.45) is 0. The van der Waals surface area contributed by atoms with Gasteiger partial charge in [-0.2, -0.15) is 11.3 Å². The minimum Gasteiger partial charge on any atom is -0.330 e. The summed E-state index contributed by atoms with van der Waals surface area (Å²) in [5.41, 5.74) is 6.97. The second kappa shape index (κ2) is 5.37. The van der Waals surface area contributed by atoms with Crippen LogP contribution >= 0.6 is 11.3 Å². The molecular formula is C10H18N2S.